The molecule has 3 aromatic rings. The second kappa shape index (κ2) is 13.3. The number of ether oxygens (including phenoxy) is 1. The third-order valence-corrected chi connectivity index (χ3v) is 9.43. The number of rotatable bonds is 7. The van der Waals surface area contributed by atoms with Gasteiger partial charge in [0.05, 0.1) is 0 Å². The van der Waals surface area contributed by atoms with Crippen LogP contribution in [0.1, 0.15) is 38.2 Å². The number of benzene rings is 2. The topological polar surface area (TPSA) is 68.8 Å². The summed E-state index contributed by atoms with van der Waals surface area (Å²) >= 11 is 5.82. The third-order valence-electron chi connectivity index (χ3n) is 9.18. The third kappa shape index (κ3) is 6.79. The maximum absolute atomic E-state index is 5.82. The van der Waals surface area contributed by atoms with Crippen molar-refractivity contribution in [2.24, 2.45) is 5.92 Å². The second-order valence-corrected chi connectivity index (χ2v) is 12.4. The number of piperazine rings is 1. The molecule has 0 spiro atoms. The lowest BCUT2D eigenvalue weighted by Crippen LogP contribution is -2.47. The molecule has 0 amide bonds. The fourth-order valence-corrected chi connectivity index (χ4v) is 6.55. The van der Waals surface area contributed by atoms with Gasteiger partial charge in [-0.3, -0.25) is 0 Å². The van der Waals surface area contributed by atoms with E-state index in [9.17, 15) is 0 Å². The Balaban J connectivity index is 1.17. The highest BCUT2D eigenvalue weighted by molar-refractivity contribution is 7.80. The van der Waals surface area contributed by atoms with Gasteiger partial charge in [-0.15, -0.1) is 0 Å². The van der Waals surface area contributed by atoms with Gasteiger partial charge >= 0.3 is 0 Å². The molecule has 0 saturated carbocycles. The summed E-state index contributed by atoms with van der Waals surface area (Å²) in [5, 5.41) is 7.43. The second-order valence-electron chi connectivity index (χ2n) is 12.0. The van der Waals surface area contributed by atoms with Gasteiger partial charge < -0.3 is 30.1 Å². The van der Waals surface area contributed by atoms with Gasteiger partial charge in [0.1, 0.15) is 11.6 Å². The van der Waals surface area contributed by atoms with E-state index in [1.165, 1.54) is 24.1 Å². The van der Waals surface area contributed by atoms with Crippen molar-refractivity contribution in [2.75, 3.05) is 79.0 Å². The monoisotopic (exact) mass is 585 g/mol. The van der Waals surface area contributed by atoms with Gasteiger partial charge in [0.25, 0.3) is 0 Å². The van der Waals surface area contributed by atoms with E-state index >= 15 is 0 Å². The summed E-state index contributed by atoms with van der Waals surface area (Å²) in [4.78, 5) is 17.2. The van der Waals surface area contributed by atoms with Crippen LogP contribution in [0.15, 0.2) is 66.7 Å². The van der Waals surface area contributed by atoms with Gasteiger partial charge in [0.15, 0.2) is 5.11 Å². The van der Waals surface area contributed by atoms with Crippen molar-refractivity contribution in [3.63, 3.8) is 0 Å². The van der Waals surface area contributed by atoms with E-state index in [0.29, 0.717) is 11.1 Å². The average molecular weight is 586 g/mol. The molecular formula is C33H43N7OS. The van der Waals surface area contributed by atoms with Crippen LogP contribution in [0.25, 0.3) is 0 Å². The van der Waals surface area contributed by atoms with Crippen LogP contribution < -0.4 is 25.3 Å². The largest absolute Gasteiger partial charge is 0.381 e. The summed E-state index contributed by atoms with van der Waals surface area (Å²) in [5.41, 5.74) is 2.60. The van der Waals surface area contributed by atoms with Gasteiger partial charge in [0.2, 0.25) is 5.95 Å². The summed E-state index contributed by atoms with van der Waals surface area (Å²) in [6.07, 6.45) is 4.29. The van der Waals surface area contributed by atoms with E-state index in [1.54, 1.807) is 0 Å². The smallest absolute Gasteiger partial charge is 0.232 e. The van der Waals surface area contributed by atoms with Crippen molar-refractivity contribution < 1.29 is 4.74 Å². The number of para-hydroxylation sites is 1. The average Bonchev–Trinajstić information content (AvgIpc) is 3.05. The van der Waals surface area contributed by atoms with Crippen molar-refractivity contribution in [3.05, 3.63) is 72.3 Å². The number of nitrogens with one attached hydrogen (secondary N) is 2. The molecule has 0 aliphatic carbocycles. The van der Waals surface area contributed by atoms with E-state index in [1.807, 2.05) is 0 Å². The van der Waals surface area contributed by atoms with Crippen molar-refractivity contribution in [1.29, 1.82) is 0 Å². The molecule has 3 fully saturated rings. The van der Waals surface area contributed by atoms with Crippen LogP contribution in [0.5, 0.6) is 0 Å². The molecule has 1 aromatic heterocycles. The molecule has 4 heterocycles. The molecular weight excluding hydrogens is 542 g/mol. The van der Waals surface area contributed by atoms with Crippen molar-refractivity contribution >= 4 is 40.6 Å². The van der Waals surface area contributed by atoms with Crippen molar-refractivity contribution in [3.8, 4) is 0 Å². The van der Waals surface area contributed by atoms with Crippen LogP contribution in [-0.2, 0) is 10.2 Å². The molecule has 3 saturated heterocycles. The highest BCUT2D eigenvalue weighted by atomic mass is 32.1. The zero-order valence-electron chi connectivity index (χ0n) is 24.7. The predicted molar refractivity (Wildman–Crippen MR) is 176 cm³/mol. The molecule has 8 nitrogen and oxygen atoms in total. The van der Waals surface area contributed by atoms with E-state index in [0.717, 1.165) is 89.4 Å². The summed E-state index contributed by atoms with van der Waals surface area (Å²) in [6, 6.07) is 23.6. The fraction of sp³-hybridized carbons (Fsp3) is 0.485. The predicted octanol–water partition coefficient (Wildman–Crippen LogP) is 5.07. The molecule has 2 aromatic carbocycles. The molecule has 42 heavy (non-hydrogen) atoms. The maximum Gasteiger partial charge on any atom is 0.232 e. The minimum atomic E-state index is -0.0119. The first-order valence-corrected chi connectivity index (χ1v) is 15.9. The Morgan fingerprint density at radius 3 is 2.05 bits per heavy atom. The van der Waals surface area contributed by atoms with E-state index in [4.69, 9.17) is 26.9 Å². The van der Waals surface area contributed by atoms with E-state index in [2.05, 4.69) is 99.0 Å². The number of hydrogen-bond donors (Lipinski definition) is 2. The molecule has 0 atom stereocenters. The van der Waals surface area contributed by atoms with Crippen LogP contribution in [0, 0.1) is 5.92 Å². The number of nitrogens with zero attached hydrogens (tertiary/aromatic N) is 5. The van der Waals surface area contributed by atoms with Crippen LogP contribution >= 0.6 is 12.2 Å². The fourth-order valence-electron chi connectivity index (χ4n) is 6.39. The van der Waals surface area contributed by atoms with Crippen LogP contribution in [0.3, 0.4) is 0 Å². The molecule has 9 heteroatoms. The maximum atomic E-state index is 5.82. The quantitative estimate of drug-likeness (QED) is 0.370. The summed E-state index contributed by atoms with van der Waals surface area (Å²) in [6.45, 7) is 10.4. The normalized spacial score (nSPS) is 19.4. The zero-order chi connectivity index (χ0) is 28.8. The van der Waals surface area contributed by atoms with E-state index < -0.39 is 0 Å². The van der Waals surface area contributed by atoms with Gasteiger partial charge in [-0.25, -0.2) is 0 Å². The first-order chi connectivity index (χ1) is 20.6. The highest BCUT2D eigenvalue weighted by Gasteiger charge is 2.34. The number of thiocarbonyl (C=S) groups is 1. The van der Waals surface area contributed by atoms with Crippen LogP contribution in [0.2, 0.25) is 0 Å². The van der Waals surface area contributed by atoms with Gasteiger partial charge in [0, 0.05) is 76.2 Å². The van der Waals surface area contributed by atoms with Crippen LogP contribution in [0.4, 0.5) is 23.3 Å². The summed E-state index contributed by atoms with van der Waals surface area (Å²) in [7, 11) is 0. The molecule has 3 aliphatic rings. The molecule has 0 unspecified atom stereocenters. The Morgan fingerprint density at radius 2 is 1.40 bits per heavy atom. The van der Waals surface area contributed by atoms with E-state index in [-0.39, 0.29) is 5.41 Å². The Kier molecular flexibility index (Phi) is 9.05. The van der Waals surface area contributed by atoms with Crippen molar-refractivity contribution in [1.82, 2.24) is 15.3 Å². The number of anilines is 4. The lowest BCUT2D eigenvalue weighted by molar-refractivity contribution is 0.0515. The molecule has 2 N–H and O–H groups in total. The Bertz CT molecular complexity index is 1300. The van der Waals surface area contributed by atoms with Gasteiger partial charge in [-0.1, -0.05) is 55.5 Å². The molecule has 6 rings (SSSR count). The number of hydrogen-bond acceptors (Lipinski definition) is 7. The molecule has 0 radical (unpaired) electrons. The highest BCUT2D eigenvalue weighted by Crippen LogP contribution is 2.34. The minimum Gasteiger partial charge on any atom is -0.381 e. The molecule has 0 bridgehead atoms. The van der Waals surface area contributed by atoms with Gasteiger partial charge in [-0.05, 0) is 61.5 Å². The Hall–Kier alpha value is -3.43. The molecule has 3 aliphatic heterocycles. The van der Waals surface area contributed by atoms with Crippen LogP contribution in [-0.4, -0.2) is 74.1 Å². The summed E-state index contributed by atoms with van der Waals surface area (Å²) < 4.78 is 5.72. The van der Waals surface area contributed by atoms with Gasteiger partial charge in [-0.2, -0.15) is 9.97 Å². The minimum absolute atomic E-state index is 0.0119. The number of aromatic nitrogens is 2. The first kappa shape index (κ1) is 28.7. The lowest BCUT2D eigenvalue weighted by atomic mass is 9.74. The Morgan fingerprint density at radius 1 is 0.833 bits per heavy atom. The Labute approximate surface area is 255 Å². The lowest BCUT2D eigenvalue weighted by Gasteiger charge is -2.38. The SMILES string of the molecule is CC1CCN(c2cc(N3CCN(c4ccccc4)CC3)nc(NC(=S)NCC3(c4ccccc4)CCOCC3)n2)CC1. The summed E-state index contributed by atoms with van der Waals surface area (Å²) in [5.74, 6) is 3.25. The number of piperidine rings is 1. The molecule has 222 valence electrons. The first-order valence-electron chi connectivity index (χ1n) is 15.5. The van der Waals surface area contributed by atoms with Crippen molar-refractivity contribution in [2.45, 2.75) is 38.0 Å². The standard InChI is InChI=1S/C33H43N7OS/c1-26-12-16-39(17-13-26)29-24-30(40-20-18-38(19-21-40)28-10-6-3-7-11-28)36-31(35-29)37-32(42)34-25-33(14-22-41-23-15-33)27-8-4-2-5-9-27/h2-11,24,26H,12-23,25H2,1H3,(H2,34,35,36,37,42). The zero-order valence-corrected chi connectivity index (χ0v) is 25.5.